The fraction of sp³-hybridized carbons (Fsp3) is 0.684. The third-order valence-corrected chi connectivity index (χ3v) is 5.03. The molecule has 34 heavy (non-hydrogen) atoms. The van der Waals surface area contributed by atoms with Crippen molar-refractivity contribution in [1.82, 2.24) is 16.0 Å². The van der Waals surface area contributed by atoms with Gasteiger partial charge in [0.05, 0.1) is 6.04 Å². The fourth-order valence-corrected chi connectivity index (χ4v) is 2.96. The van der Waals surface area contributed by atoms with E-state index in [9.17, 15) is 28.8 Å². The Balaban J connectivity index is 5.46. The maximum Gasteiger partial charge on any atom is 0.327 e. The van der Waals surface area contributed by atoms with Crippen molar-refractivity contribution in [2.24, 2.45) is 11.5 Å². The Bertz CT molecular complexity index is 737. The molecule has 194 valence electrons. The maximum absolute atomic E-state index is 12.8. The van der Waals surface area contributed by atoms with Crippen LogP contribution in [-0.4, -0.2) is 87.4 Å². The average molecular weight is 508 g/mol. The number of amides is 3. The smallest absolute Gasteiger partial charge is 0.327 e. The second-order valence-corrected chi connectivity index (χ2v) is 7.83. The van der Waals surface area contributed by atoms with Gasteiger partial charge in [0.1, 0.15) is 18.1 Å². The van der Waals surface area contributed by atoms with Crippen molar-refractivity contribution in [3.8, 4) is 0 Å². The summed E-state index contributed by atoms with van der Waals surface area (Å²) in [5.41, 5.74) is 11.1. The number of unbranched alkanes of at least 4 members (excludes halogenated alkanes) is 1. The Morgan fingerprint density at radius 1 is 0.706 bits per heavy atom. The van der Waals surface area contributed by atoms with Crippen molar-refractivity contribution in [3.05, 3.63) is 0 Å². The van der Waals surface area contributed by atoms with Crippen LogP contribution >= 0.6 is 12.6 Å². The van der Waals surface area contributed by atoms with Crippen molar-refractivity contribution in [1.29, 1.82) is 0 Å². The first kappa shape index (κ1) is 31.1. The molecule has 0 fully saturated rings. The number of carboxylic acid groups (broad SMARTS) is 3. The Hall–Kier alpha value is -2.91. The van der Waals surface area contributed by atoms with E-state index >= 15 is 0 Å². The van der Waals surface area contributed by atoms with E-state index in [1.165, 1.54) is 0 Å². The normalized spacial score (nSPS) is 14.2. The monoisotopic (exact) mass is 507 g/mol. The molecule has 10 N–H and O–H groups in total. The van der Waals surface area contributed by atoms with Gasteiger partial charge in [0.25, 0.3) is 0 Å². The second-order valence-electron chi connectivity index (χ2n) is 7.46. The van der Waals surface area contributed by atoms with Gasteiger partial charge in [0.2, 0.25) is 17.7 Å². The van der Waals surface area contributed by atoms with Gasteiger partial charge in [-0.3, -0.25) is 24.0 Å². The molecule has 0 aliphatic rings. The average Bonchev–Trinajstić information content (AvgIpc) is 2.76. The molecule has 0 heterocycles. The number of nitrogens with one attached hydrogen (secondary N) is 3. The lowest BCUT2D eigenvalue weighted by Crippen LogP contribution is -2.57. The van der Waals surface area contributed by atoms with Gasteiger partial charge in [0, 0.05) is 18.6 Å². The highest BCUT2D eigenvalue weighted by Gasteiger charge is 2.30. The van der Waals surface area contributed by atoms with E-state index in [0.717, 1.165) is 0 Å². The highest BCUT2D eigenvalue weighted by molar-refractivity contribution is 7.80. The van der Waals surface area contributed by atoms with E-state index < -0.39 is 66.2 Å². The van der Waals surface area contributed by atoms with Gasteiger partial charge in [-0.05, 0) is 38.6 Å². The molecule has 4 atom stereocenters. The highest BCUT2D eigenvalue weighted by Crippen LogP contribution is 2.06. The molecule has 0 aliphatic carbocycles. The van der Waals surface area contributed by atoms with E-state index in [1.54, 1.807) is 0 Å². The van der Waals surface area contributed by atoms with Crippen LogP contribution < -0.4 is 27.4 Å². The van der Waals surface area contributed by atoms with Gasteiger partial charge in [-0.1, -0.05) is 0 Å². The first-order valence-corrected chi connectivity index (χ1v) is 11.2. The van der Waals surface area contributed by atoms with E-state index in [0.29, 0.717) is 19.4 Å². The molecule has 0 radical (unpaired) electrons. The van der Waals surface area contributed by atoms with Crippen molar-refractivity contribution >= 4 is 48.3 Å². The van der Waals surface area contributed by atoms with Gasteiger partial charge in [-0.2, -0.15) is 12.6 Å². The number of aliphatic carboxylic acids is 3. The minimum atomic E-state index is -1.38. The molecule has 0 aliphatic heterocycles. The van der Waals surface area contributed by atoms with Crippen LogP contribution in [-0.2, 0) is 28.8 Å². The SMILES string of the molecule is NCCCCC(NC(=O)C(CCC(=O)O)NC(=O)C(N)CCC(=O)O)C(=O)NC(CS)C(=O)O. The summed E-state index contributed by atoms with van der Waals surface area (Å²) in [5, 5.41) is 33.7. The minimum Gasteiger partial charge on any atom is -0.481 e. The molecule has 3 amide bonds. The first-order valence-electron chi connectivity index (χ1n) is 10.6. The third kappa shape index (κ3) is 13.0. The summed E-state index contributed by atoms with van der Waals surface area (Å²) in [4.78, 5) is 70.5. The van der Waals surface area contributed by atoms with Gasteiger partial charge in [-0.15, -0.1) is 0 Å². The Kier molecular flexibility index (Phi) is 15.2. The molecule has 4 unspecified atom stereocenters. The highest BCUT2D eigenvalue weighted by atomic mass is 32.1. The number of hydrogen-bond acceptors (Lipinski definition) is 9. The van der Waals surface area contributed by atoms with Gasteiger partial charge in [-0.25, -0.2) is 4.79 Å². The van der Waals surface area contributed by atoms with Crippen LogP contribution in [0.1, 0.15) is 44.9 Å². The third-order valence-electron chi connectivity index (χ3n) is 4.66. The van der Waals surface area contributed by atoms with E-state index in [2.05, 4.69) is 28.6 Å². The maximum atomic E-state index is 12.8. The molecule has 0 spiro atoms. The van der Waals surface area contributed by atoms with Crippen LogP contribution in [0, 0.1) is 0 Å². The lowest BCUT2D eigenvalue weighted by atomic mass is 10.0. The quantitative estimate of drug-likeness (QED) is 0.0700. The van der Waals surface area contributed by atoms with Crippen molar-refractivity contribution in [3.63, 3.8) is 0 Å². The first-order chi connectivity index (χ1) is 15.9. The van der Waals surface area contributed by atoms with Crippen LogP contribution in [0.4, 0.5) is 0 Å². The predicted molar refractivity (Wildman–Crippen MR) is 122 cm³/mol. The molecular weight excluding hydrogens is 474 g/mol. The van der Waals surface area contributed by atoms with Gasteiger partial charge < -0.3 is 42.7 Å². The van der Waals surface area contributed by atoms with Crippen LogP contribution in [0.25, 0.3) is 0 Å². The summed E-state index contributed by atoms with van der Waals surface area (Å²) in [7, 11) is 0. The zero-order valence-corrected chi connectivity index (χ0v) is 19.5. The Morgan fingerprint density at radius 3 is 1.65 bits per heavy atom. The van der Waals surface area contributed by atoms with Crippen LogP contribution in [0.5, 0.6) is 0 Å². The topological polar surface area (TPSA) is 251 Å². The zero-order chi connectivity index (χ0) is 26.3. The molecule has 0 saturated carbocycles. The minimum absolute atomic E-state index is 0.103. The molecule has 0 aromatic carbocycles. The summed E-state index contributed by atoms with van der Waals surface area (Å²) in [6, 6.07) is -5.14. The standard InChI is InChI=1S/C19H33N5O9S/c20-8-2-1-3-11(17(30)24-13(9-34)19(32)33)23-18(31)12(5-7-15(27)28)22-16(29)10(21)4-6-14(25)26/h10-13,34H,1-9,20-21H2,(H,22,29)(H,23,31)(H,24,30)(H,25,26)(H,27,28)(H,32,33). The van der Waals surface area contributed by atoms with E-state index in [-0.39, 0.29) is 31.4 Å². The molecule has 0 aromatic rings. The number of thiol groups is 1. The molecule has 0 rings (SSSR count). The van der Waals surface area contributed by atoms with Crippen LogP contribution in [0.2, 0.25) is 0 Å². The molecular formula is C19H33N5O9S. The molecule has 0 saturated heterocycles. The molecule has 0 aromatic heterocycles. The number of nitrogens with two attached hydrogens (primary N) is 2. The van der Waals surface area contributed by atoms with Gasteiger partial charge >= 0.3 is 17.9 Å². The second kappa shape index (κ2) is 16.7. The number of carbonyl (C=O) groups is 6. The summed E-state index contributed by atoms with van der Waals surface area (Å²) in [6.45, 7) is 0.322. The fourth-order valence-electron chi connectivity index (χ4n) is 2.72. The van der Waals surface area contributed by atoms with Crippen LogP contribution in [0.15, 0.2) is 0 Å². The summed E-state index contributed by atoms with van der Waals surface area (Å²) >= 11 is 3.87. The predicted octanol–water partition coefficient (Wildman–Crippen LogP) is -2.36. The molecule has 0 bridgehead atoms. The number of hydrogen-bond donors (Lipinski definition) is 9. The number of rotatable bonds is 18. The van der Waals surface area contributed by atoms with E-state index in [4.69, 9.17) is 26.8 Å². The van der Waals surface area contributed by atoms with Crippen LogP contribution in [0.3, 0.4) is 0 Å². The van der Waals surface area contributed by atoms with Crippen molar-refractivity contribution in [2.75, 3.05) is 12.3 Å². The number of carbonyl (C=O) groups excluding carboxylic acids is 3. The summed E-state index contributed by atoms with van der Waals surface area (Å²) in [5.74, 6) is -6.47. The van der Waals surface area contributed by atoms with E-state index in [1.807, 2.05) is 0 Å². The summed E-state index contributed by atoms with van der Waals surface area (Å²) < 4.78 is 0. The zero-order valence-electron chi connectivity index (χ0n) is 18.6. The largest absolute Gasteiger partial charge is 0.481 e. The van der Waals surface area contributed by atoms with Crippen molar-refractivity contribution < 1.29 is 44.1 Å². The molecule has 14 nitrogen and oxygen atoms in total. The van der Waals surface area contributed by atoms with Gasteiger partial charge in [0.15, 0.2) is 0 Å². The van der Waals surface area contributed by atoms with Crippen molar-refractivity contribution in [2.45, 2.75) is 69.1 Å². The number of carboxylic acids is 3. The lowest BCUT2D eigenvalue weighted by Gasteiger charge is -2.25. The Labute approximate surface area is 201 Å². The Morgan fingerprint density at radius 2 is 1.18 bits per heavy atom. The lowest BCUT2D eigenvalue weighted by molar-refractivity contribution is -0.141. The summed E-state index contributed by atoms with van der Waals surface area (Å²) in [6.07, 6.45) is -0.381. The molecule has 15 heteroatoms.